The number of pyridine rings is 1. The summed E-state index contributed by atoms with van der Waals surface area (Å²) in [6, 6.07) is 17.4. The lowest BCUT2D eigenvalue weighted by molar-refractivity contribution is 0.867. The highest BCUT2D eigenvalue weighted by Gasteiger charge is 2.21. The lowest BCUT2D eigenvalue weighted by Gasteiger charge is -2.14. The van der Waals surface area contributed by atoms with Crippen LogP contribution >= 0.6 is 35.0 Å². The van der Waals surface area contributed by atoms with Crippen LogP contribution in [0.1, 0.15) is 42.0 Å². The van der Waals surface area contributed by atoms with Crippen LogP contribution in [0.5, 0.6) is 0 Å². The molecule has 0 aliphatic heterocycles. The molecular weight excluding hydrogens is 435 g/mol. The van der Waals surface area contributed by atoms with E-state index in [1.165, 1.54) is 17.3 Å². The van der Waals surface area contributed by atoms with Crippen molar-refractivity contribution in [3.05, 3.63) is 74.8 Å². The maximum absolute atomic E-state index is 9.91. The SMILES string of the molecule is CC(C)c1ccc(-c2c(C#N)c(N)nc(SCc3ccc(Cl)cc3Cl)c2C#N)cc1. The van der Waals surface area contributed by atoms with Crippen molar-refractivity contribution >= 4 is 40.8 Å². The zero-order valence-electron chi connectivity index (χ0n) is 16.4. The molecule has 0 unspecified atom stereocenters. The number of nitrogen functional groups attached to an aromatic ring is 1. The van der Waals surface area contributed by atoms with Gasteiger partial charge in [0.05, 0.1) is 5.56 Å². The van der Waals surface area contributed by atoms with Gasteiger partial charge in [0.15, 0.2) is 0 Å². The van der Waals surface area contributed by atoms with Crippen molar-refractivity contribution in [3.8, 4) is 23.3 Å². The first kappa shape index (κ1) is 22.0. The second kappa shape index (κ2) is 9.41. The Kier molecular flexibility index (Phi) is 6.90. The number of nitriles is 2. The number of hydrogen-bond donors (Lipinski definition) is 1. The van der Waals surface area contributed by atoms with E-state index in [9.17, 15) is 10.5 Å². The molecule has 0 fully saturated rings. The summed E-state index contributed by atoms with van der Waals surface area (Å²) in [6.07, 6.45) is 0. The van der Waals surface area contributed by atoms with E-state index < -0.39 is 0 Å². The van der Waals surface area contributed by atoms with Crippen molar-refractivity contribution in [1.82, 2.24) is 4.98 Å². The van der Waals surface area contributed by atoms with Crippen LogP contribution in [0, 0.1) is 22.7 Å². The number of hydrogen-bond acceptors (Lipinski definition) is 5. The molecule has 0 aliphatic carbocycles. The Morgan fingerprint density at radius 1 is 1.03 bits per heavy atom. The topological polar surface area (TPSA) is 86.5 Å². The minimum Gasteiger partial charge on any atom is -0.383 e. The van der Waals surface area contributed by atoms with Gasteiger partial charge in [-0.3, -0.25) is 0 Å². The van der Waals surface area contributed by atoms with Crippen molar-refractivity contribution in [3.63, 3.8) is 0 Å². The molecule has 0 spiro atoms. The molecule has 150 valence electrons. The van der Waals surface area contributed by atoms with Gasteiger partial charge in [-0.2, -0.15) is 10.5 Å². The summed E-state index contributed by atoms with van der Waals surface area (Å²) in [6.45, 7) is 4.22. The summed E-state index contributed by atoms with van der Waals surface area (Å²) >= 11 is 13.6. The largest absolute Gasteiger partial charge is 0.383 e. The van der Waals surface area contributed by atoms with Crippen LogP contribution in [-0.4, -0.2) is 4.98 Å². The predicted molar refractivity (Wildman–Crippen MR) is 124 cm³/mol. The monoisotopic (exact) mass is 452 g/mol. The third-order valence-corrected chi connectivity index (χ3v) is 6.27. The number of thioether (sulfide) groups is 1. The number of rotatable bonds is 5. The Morgan fingerprint density at radius 2 is 1.70 bits per heavy atom. The normalized spacial score (nSPS) is 10.6. The van der Waals surface area contributed by atoms with Crippen LogP contribution in [0.4, 0.5) is 5.82 Å². The van der Waals surface area contributed by atoms with E-state index in [1.807, 2.05) is 30.3 Å². The van der Waals surface area contributed by atoms with E-state index >= 15 is 0 Å². The van der Waals surface area contributed by atoms with E-state index in [1.54, 1.807) is 12.1 Å². The van der Waals surface area contributed by atoms with Gasteiger partial charge in [0.1, 0.15) is 28.5 Å². The van der Waals surface area contributed by atoms with Gasteiger partial charge < -0.3 is 5.73 Å². The van der Waals surface area contributed by atoms with E-state index in [4.69, 9.17) is 28.9 Å². The first-order chi connectivity index (χ1) is 14.3. The summed E-state index contributed by atoms with van der Waals surface area (Å²) in [5.41, 5.74) is 9.92. The first-order valence-electron chi connectivity index (χ1n) is 9.16. The van der Waals surface area contributed by atoms with Crippen molar-refractivity contribution in [2.24, 2.45) is 0 Å². The van der Waals surface area contributed by atoms with E-state index in [-0.39, 0.29) is 11.4 Å². The molecule has 1 aromatic heterocycles. The molecule has 4 nitrogen and oxygen atoms in total. The van der Waals surface area contributed by atoms with Crippen LogP contribution in [-0.2, 0) is 5.75 Å². The first-order valence-corrected chi connectivity index (χ1v) is 10.9. The Morgan fingerprint density at radius 3 is 2.27 bits per heavy atom. The molecular formula is C23H18Cl2N4S. The molecule has 0 bridgehead atoms. The molecule has 3 aromatic rings. The summed E-state index contributed by atoms with van der Waals surface area (Å²) in [7, 11) is 0. The van der Waals surface area contributed by atoms with Crippen molar-refractivity contribution in [2.75, 3.05) is 5.73 Å². The maximum atomic E-state index is 9.91. The van der Waals surface area contributed by atoms with Crippen LogP contribution in [0.3, 0.4) is 0 Å². The van der Waals surface area contributed by atoms with Gasteiger partial charge >= 0.3 is 0 Å². The fraction of sp³-hybridized carbons (Fsp3) is 0.174. The van der Waals surface area contributed by atoms with Gasteiger partial charge in [0.2, 0.25) is 0 Å². The minimum absolute atomic E-state index is 0.101. The molecule has 0 saturated carbocycles. The van der Waals surface area contributed by atoms with E-state index in [0.717, 1.165) is 11.1 Å². The zero-order chi connectivity index (χ0) is 21.8. The molecule has 0 saturated heterocycles. The maximum Gasteiger partial charge on any atom is 0.143 e. The average Bonchev–Trinajstić information content (AvgIpc) is 2.72. The number of benzene rings is 2. The Hall–Kier alpha value is -2.70. The fourth-order valence-electron chi connectivity index (χ4n) is 3.01. The number of nitrogens with two attached hydrogens (primary N) is 1. The number of halogens is 2. The number of aromatic nitrogens is 1. The van der Waals surface area contributed by atoms with Gasteiger partial charge in [-0.05, 0) is 34.7 Å². The third kappa shape index (κ3) is 4.55. The Labute approximate surface area is 190 Å². The molecule has 2 N–H and O–H groups in total. The van der Waals surface area contributed by atoms with Crippen molar-refractivity contribution < 1.29 is 0 Å². The number of anilines is 1. The standard InChI is InChI=1S/C23H18Cl2N4S/c1-13(2)14-3-5-15(6-4-14)21-18(10-26)22(28)29-23(19(21)11-27)30-12-16-7-8-17(24)9-20(16)25/h3-9,13H,12H2,1-2H3,(H2,28,29). The summed E-state index contributed by atoms with van der Waals surface area (Å²) in [4.78, 5) is 4.34. The molecule has 0 aliphatic rings. The van der Waals surface area contributed by atoms with Crippen LogP contribution in [0.25, 0.3) is 11.1 Å². The predicted octanol–water partition coefficient (Wildman–Crippen LogP) is 6.80. The van der Waals surface area contributed by atoms with Gasteiger partial charge in [-0.25, -0.2) is 4.98 Å². The molecule has 30 heavy (non-hydrogen) atoms. The fourth-order valence-corrected chi connectivity index (χ4v) is 4.56. The summed E-state index contributed by atoms with van der Waals surface area (Å²) in [5.74, 6) is 0.959. The Balaban J connectivity index is 2.07. The van der Waals surface area contributed by atoms with E-state index in [2.05, 4.69) is 31.0 Å². The number of nitrogens with zero attached hydrogens (tertiary/aromatic N) is 3. The highest BCUT2D eigenvalue weighted by atomic mass is 35.5. The third-order valence-electron chi connectivity index (χ3n) is 4.66. The Bertz CT molecular complexity index is 1180. The second-order valence-electron chi connectivity index (χ2n) is 6.95. The molecule has 2 aromatic carbocycles. The van der Waals surface area contributed by atoms with Gasteiger partial charge in [0.25, 0.3) is 0 Å². The molecule has 0 amide bonds. The lowest BCUT2D eigenvalue weighted by Crippen LogP contribution is -2.03. The quantitative estimate of drug-likeness (QED) is 0.430. The molecule has 0 radical (unpaired) electrons. The second-order valence-corrected chi connectivity index (χ2v) is 8.76. The van der Waals surface area contributed by atoms with Crippen LogP contribution in [0.15, 0.2) is 47.5 Å². The van der Waals surface area contributed by atoms with Crippen molar-refractivity contribution in [1.29, 1.82) is 10.5 Å². The van der Waals surface area contributed by atoms with Crippen molar-refractivity contribution in [2.45, 2.75) is 30.5 Å². The summed E-state index contributed by atoms with van der Waals surface area (Å²) < 4.78 is 0. The molecule has 0 atom stereocenters. The molecule has 7 heteroatoms. The van der Waals surface area contributed by atoms with Crippen LogP contribution < -0.4 is 5.73 Å². The zero-order valence-corrected chi connectivity index (χ0v) is 18.7. The highest BCUT2D eigenvalue weighted by molar-refractivity contribution is 7.98. The molecule has 1 heterocycles. The lowest BCUT2D eigenvalue weighted by atomic mass is 9.94. The highest BCUT2D eigenvalue weighted by Crippen LogP contribution is 2.37. The molecule has 3 rings (SSSR count). The van der Waals surface area contributed by atoms with Gasteiger partial charge in [0, 0.05) is 21.4 Å². The minimum atomic E-state index is 0.101. The van der Waals surface area contributed by atoms with Gasteiger partial charge in [-0.15, -0.1) is 11.8 Å². The van der Waals surface area contributed by atoms with E-state index in [0.29, 0.717) is 37.9 Å². The smallest absolute Gasteiger partial charge is 0.143 e. The van der Waals surface area contributed by atoms with Gasteiger partial charge in [-0.1, -0.05) is 67.4 Å². The average molecular weight is 453 g/mol. The van der Waals surface area contributed by atoms with Crippen LogP contribution in [0.2, 0.25) is 10.0 Å². The summed E-state index contributed by atoms with van der Waals surface area (Å²) in [5, 5.41) is 21.1.